The maximum atomic E-state index is 12.0. The summed E-state index contributed by atoms with van der Waals surface area (Å²) in [5, 5.41) is 2.96. The summed E-state index contributed by atoms with van der Waals surface area (Å²) in [7, 11) is 0. The van der Waals surface area contributed by atoms with Gasteiger partial charge in [0.05, 0.1) is 5.54 Å². The fourth-order valence-corrected chi connectivity index (χ4v) is 1.79. The van der Waals surface area contributed by atoms with Crippen LogP contribution in [0.3, 0.4) is 0 Å². The Morgan fingerprint density at radius 1 is 1.38 bits per heavy atom. The van der Waals surface area contributed by atoms with Gasteiger partial charge in [0.25, 0.3) is 5.91 Å². The summed E-state index contributed by atoms with van der Waals surface area (Å²) in [6.07, 6.45) is 0. The Bertz CT molecular complexity index is 477. The van der Waals surface area contributed by atoms with E-state index in [1.54, 1.807) is 0 Å². The summed E-state index contributed by atoms with van der Waals surface area (Å²) in [5.74, 6) is 0.865. The van der Waals surface area contributed by atoms with Gasteiger partial charge in [-0.25, -0.2) is 0 Å². The number of carbonyl (C=O) groups is 1. The number of nitrogens with two attached hydrogens (primary N) is 1. The minimum absolute atomic E-state index is 0. The molecule has 0 bridgehead atoms. The second-order valence-electron chi connectivity index (χ2n) is 5.88. The van der Waals surface area contributed by atoms with Gasteiger partial charge in [-0.05, 0) is 43.9 Å². The number of hydrogen-bond donors (Lipinski definition) is 2. The normalized spacial score (nSPS) is 13.3. The first-order chi connectivity index (χ1) is 9.28. The highest BCUT2D eigenvalue weighted by Crippen LogP contribution is 2.19. The van der Waals surface area contributed by atoms with Gasteiger partial charge in [-0.15, -0.1) is 12.4 Å². The third kappa shape index (κ3) is 5.56. The van der Waals surface area contributed by atoms with Crippen LogP contribution >= 0.6 is 12.4 Å². The number of halogens is 1. The number of amides is 1. The lowest BCUT2D eigenvalue weighted by molar-refractivity contribution is -0.125. The van der Waals surface area contributed by atoms with Gasteiger partial charge in [0.15, 0.2) is 6.61 Å². The largest absolute Gasteiger partial charge is 0.483 e. The van der Waals surface area contributed by atoms with Gasteiger partial charge in [0, 0.05) is 6.54 Å². The summed E-state index contributed by atoms with van der Waals surface area (Å²) in [6, 6.07) is 5.94. The lowest BCUT2D eigenvalue weighted by Crippen LogP contribution is -2.56. The van der Waals surface area contributed by atoms with E-state index in [1.807, 2.05) is 52.8 Å². The van der Waals surface area contributed by atoms with Crippen molar-refractivity contribution in [1.82, 2.24) is 5.32 Å². The maximum absolute atomic E-state index is 12.0. The predicted octanol–water partition coefficient (Wildman–Crippen LogP) is 2.59. The zero-order valence-electron chi connectivity index (χ0n) is 13.5. The third-order valence-corrected chi connectivity index (χ3v) is 3.83. The molecule has 1 aromatic rings. The van der Waals surface area contributed by atoms with Crippen molar-refractivity contribution in [3.63, 3.8) is 0 Å². The average Bonchev–Trinajstić information content (AvgIpc) is 2.39. The molecule has 0 heterocycles. The van der Waals surface area contributed by atoms with Crippen LogP contribution in [-0.4, -0.2) is 24.6 Å². The van der Waals surface area contributed by atoms with Crippen LogP contribution in [0.1, 0.15) is 31.9 Å². The van der Waals surface area contributed by atoms with Crippen LogP contribution in [0.2, 0.25) is 0 Å². The minimum Gasteiger partial charge on any atom is -0.483 e. The Morgan fingerprint density at radius 2 is 2.00 bits per heavy atom. The summed E-state index contributed by atoms with van der Waals surface area (Å²) in [4.78, 5) is 12.0. The van der Waals surface area contributed by atoms with Crippen LogP contribution in [0, 0.1) is 19.8 Å². The van der Waals surface area contributed by atoms with E-state index in [0.29, 0.717) is 6.54 Å². The SMILES string of the molecule is Cc1ccc(C)c(OCC(=O)NC(C)(CN)C(C)C)c1.Cl. The first-order valence-electron chi connectivity index (χ1n) is 6.99. The summed E-state index contributed by atoms with van der Waals surface area (Å²) < 4.78 is 5.60. The van der Waals surface area contributed by atoms with Crippen molar-refractivity contribution < 1.29 is 9.53 Å². The molecule has 0 aliphatic heterocycles. The molecular weight excluding hydrogens is 288 g/mol. The molecule has 3 N–H and O–H groups in total. The monoisotopic (exact) mass is 314 g/mol. The molecule has 21 heavy (non-hydrogen) atoms. The van der Waals surface area contributed by atoms with E-state index in [0.717, 1.165) is 16.9 Å². The number of hydrogen-bond acceptors (Lipinski definition) is 3. The van der Waals surface area contributed by atoms with Crippen molar-refractivity contribution in [1.29, 1.82) is 0 Å². The van der Waals surface area contributed by atoms with E-state index in [1.165, 1.54) is 0 Å². The van der Waals surface area contributed by atoms with E-state index >= 15 is 0 Å². The van der Waals surface area contributed by atoms with Gasteiger partial charge >= 0.3 is 0 Å². The maximum Gasteiger partial charge on any atom is 0.258 e. The average molecular weight is 315 g/mol. The molecule has 120 valence electrons. The summed E-state index contributed by atoms with van der Waals surface area (Å²) in [5.41, 5.74) is 7.48. The van der Waals surface area contributed by atoms with E-state index in [9.17, 15) is 4.79 Å². The fourth-order valence-electron chi connectivity index (χ4n) is 1.79. The number of rotatable bonds is 6. The van der Waals surface area contributed by atoms with Crippen LogP contribution in [-0.2, 0) is 4.79 Å². The van der Waals surface area contributed by atoms with Crippen LogP contribution in [0.5, 0.6) is 5.75 Å². The highest BCUT2D eigenvalue weighted by atomic mass is 35.5. The molecule has 4 nitrogen and oxygen atoms in total. The molecule has 1 atom stereocenters. The van der Waals surface area contributed by atoms with Gasteiger partial charge in [0.2, 0.25) is 0 Å². The van der Waals surface area contributed by atoms with E-state index in [2.05, 4.69) is 5.32 Å². The van der Waals surface area contributed by atoms with Crippen molar-refractivity contribution in [3.8, 4) is 5.75 Å². The van der Waals surface area contributed by atoms with Gasteiger partial charge in [-0.3, -0.25) is 4.79 Å². The Balaban J connectivity index is 0.00000400. The lowest BCUT2D eigenvalue weighted by Gasteiger charge is -2.33. The molecule has 0 aliphatic rings. The first kappa shape index (κ1) is 19.7. The van der Waals surface area contributed by atoms with E-state index in [4.69, 9.17) is 10.5 Å². The molecule has 1 rings (SSSR count). The molecule has 1 amide bonds. The molecule has 0 aliphatic carbocycles. The van der Waals surface area contributed by atoms with Crippen molar-refractivity contribution in [2.75, 3.05) is 13.2 Å². The second-order valence-corrected chi connectivity index (χ2v) is 5.88. The molecular formula is C16H27ClN2O2. The van der Waals surface area contributed by atoms with Gasteiger partial charge < -0.3 is 15.8 Å². The van der Waals surface area contributed by atoms with Crippen molar-refractivity contribution in [2.45, 2.75) is 40.2 Å². The van der Waals surface area contributed by atoms with Crippen LogP contribution in [0.4, 0.5) is 0 Å². The number of carbonyl (C=O) groups excluding carboxylic acids is 1. The third-order valence-electron chi connectivity index (χ3n) is 3.83. The number of benzene rings is 1. The van der Waals surface area contributed by atoms with E-state index in [-0.39, 0.29) is 30.8 Å². The smallest absolute Gasteiger partial charge is 0.258 e. The number of nitrogens with one attached hydrogen (secondary N) is 1. The summed E-state index contributed by atoms with van der Waals surface area (Å²) >= 11 is 0. The zero-order chi connectivity index (χ0) is 15.3. The van der Waals surface area contributed by atoms with Crippen molar-refractivity contribution in [2.24, 2.45) is 11.7 Å². The molecule has 0 radical (unpaired) electrons. The van der Waals surface area contributed by atoms with Gasteiger partial charge in [-0.1, -0.05) is 26.0 Å². The fraction of sp³-hybridized carbons (Fsp3) is 0.562. The predicted molar refractivity (Wildman–Crippen MR) is 89.1 cm³/mol. The second kappa shape index (κ2) is 8.25. The highest BCUT2D eigenvalue weighted by molar-refractivity contribution is 5.85. The Labute approximate surface area is 133 Å². The van der Waals surface area contributed by atoms with Gasteiger partial charge in [-0.2, -0.15) is 0 Å². The summed E-state index contributed by atoms with van der Waals surface area (Å²) in [6.45, 7) is 10.4. The zero-order valence-corrected chi connectivity index (χ0v) is 14.3. The minimum atomic E-state index is -0.401. The van der Waals surface area contributed by atoms with Crippen LogP contribution < -0.4 is 15.8 Å². The van der Waals surface area contributed by atoms with Crippen molar-refractivity contribution >= 4 is 18.3 Å². The van der Waals surface area contributed by atoms with Crippen LogP contribution in [0.15, 0.2) is 18.2 Å². The quantitative estimate of drug-likeness (QED) is 0.848. The number of ether oxygens (including phenoxy) is 1. The lowest BCUT2D eigenvalue weighted by atomic mass is 9.88. The van der Waals surface area contributed by atoms with Gasteiger partial charge in [0.1, 0.15) is 5.75 Å². The molecule has 0 aromatic heterocycles. The van der Waals surface area contributed by atoms with E-state index < -0.39 is 5.54 Å². The molecule has 1 unspecified atom stereocenters. The molecule has 5 heteroatoms. The molecule has 1 aromatic carbocycles. The standard InChI is InChI=1S/C16H26N2O2.ClH/c1-11(2)16(5,10-17)18-15(19)9-20-14-8-12(3)6-7-13(14)4;/h6-8,11H,9-10,17H2,1-5H3,(H,18,19);1H. The first-order valence-corrected chi connectivity index (χ1v) is 6.99. The molecule has 0 spiro atoms. The number of aryl methyl sites for hydroxylation is 2. The Hall–Kier alpha value is -1.26. The molecule has 0 saturated carbocycles. The Kier molecular flexibility index (Phi) is 7.75. The molecule has 0 fully saturated rings. The highest BCUT2D eigenvalue weighted by Gasteiger charge is 2.28. The van der Waals surface area contributed by atoms with Crippen molar-refractivity contribution in [3.05, 3.63) is 29.3 Å². The Morgan fingerprint density at radius 3 is 2.52 bits per heavy atom. The topological polar surface area (TPSA) is 64.3 Å². The molecule has 0 saturated heterocycles. The van der Waals surface area contributed by atoms with Crippen LogP contribution in [0.25, 0.3) is 0 Å².